The molecule has 2 unspecified atom stereocenters. The highest BCUT2D eigenvalue weighted by atomic mass is 16.5. The van der Waals surface area contributed by atoms with Crippen LogP contribution >= 0.6 is 0 Å². The van der Waals surface area contributed by atoms with Crippen LogP contribution in [0.25, 0.3) is 0 Å². The molecule has 0 aromatic heterocycles. The fourth-order valence-electron chi connectivity index (χ4n) is 2.91. The molecule has 1 fully saturated rings. The number of nitrogens with zero attached hydrogens (tertiary/aromatic N) is 1. The van der Waals surface area contributed by atoms with Crippen LogP contribution < -0.4 is 5.73 Å². The third-order valence-electron chi connectivity index (χ3n) is 4.82. The van der Waals surface area contributed by atoms with Gasteiger partial charge in [0.15, 0.2) is 0 Å². The van der Waals surface area contributed by atoms with Crippen molar-refractivity contribution in [1.29, 1.82) is 0 Å². The van der Waals surface area contributed by atoms with E-state index in [1.807, 2.05) is 0 Å². The van der Waals surface area contributed by atoms with Gasteiger partial charge in [-0.2, -0.15) is 0 Å². The molecule has 0 radical (unpaired) electrons. The number of likely N-dealkylation sites (N-methyl/N-ethyl adjacent to an activating group) is 1. The minimum Gasteiger partial charge on any atom is -0.380 e. The summed E-state index contributed by atoms with van der Waals surface area (Å²) in [7, 11) is 4.00. The summed E-state index contributed by atoms with van der Waals surface area (Å²) >= 11 is 0. The van der Waals surface area contributed by atoms with Gasteiger partial charge in [-0.05, 0) is 33.7 Å². The monoisotopic (exact) mass is 242 g/mol. The van der Waals surface area contributed by atoms with Gasteiger partial charge in [-0.25, -0.2) is 0 Å². The first-order chi connectivity index (χ1) is 8.06. The van der Waals surface area contributed by atoms with Gasteiger partial charge in [0.2, 0.25) is 0 Å². The van der Waals surface area contributed by atoms with Crippen molar-refractivity contribution in [2.24, 2.45) is 5.73 Å². The molecule has 0 aromatic rings. The predicted molar refractivity (Wildman–Crippen MR) is 73.2 cm³/mol. The zero-order valence-electron chi connectivity index (χ0n) is 12.0. The summed E-state index contributed by atoms with van der Waals surface area (Å²) < 4.78 is 5.53. The van der Waals surface area contributed by atoms with E-state index >= 15 is 0 Å². The van der Waals surface area contributed by atoms with Gasteiger partial charge >= 0.3 is 0 Å². The third-order valence-corrected chi connectivity index (χ3v) is 4.82. The van der Waals surface area contributed by atoms with Gasteiger partial charge in [-0.1, -0.05) is 25.7 Å². The molecule has 102 valence electrons. The Balaban J connectivity index is 2.72. The summed E-state index contributed by atoms with van der Waals surface area (Å²) in [5, 5.41) is 0. The lowest BCUT2D eigenvalue weighted by atomic mass is 9.90. The van der Waals surface area contributed by atoms with Crippen LogP contribution in [0.2, 0.25) is 0 Å². The maximum atomic E-state index is 6.01. The van der Waals surface area contributed by atoms with Gasteiger partial charge in [-0.15, -0.1) is 0 Å². The first kappa shape index (κ1) is 14.9. The van der Waals surface area contributed by atoms with Crippen LogP contribution in [0.1, 0.15) is 52.4 Å². The fourth-order valence-corrected chi connectivity index (χ4v) is 2.91. The first-order valence-electron chi connectivity index (χ1n) is 7.02. The Hall–Kier alpha value is -0.120. The average molecular weight is 242 g/mol. The number of methoxy groups -OCH3 is 1. The maximum Gasteiger partial charge on any atom is 0.0736 e. The Morgan fingerprint density at radius 2 is 1.82 bits per heavy atom. The average Bonchev–Trinajstić information content (AvgIpc) is 2.64. The second-order valence-corrected chi connectivity index (χ2v) is 5.70. The molecule has 3 nitrogen and oxygen atoms in total. The Labute approximate surface area is 107 Å². The lowest BCUT2D eigenvalue weighted by Crippen LogP contribution is -2.60. The van der Waals surface area contributed by atoms with Crippen LogP contribution in [0, 0.1) is 0 Å². The summed E-state index contributed by atoms with van der Waals surface area (Å²) in [5.74, 6) is 0. The van der Waals surface area contributed by atoms with E-state index < -0.39 is 0 Å². The number of hydrogen-bond acceptors (Lipinski definition) is 3. The molecule has 1 saturated carbocycles. The molecule has 0 aromatic carbocycles. The van der Waals surface area contributed by atoms with E-state index in [1.165, 1.54) is 38.5 Å². The standard InChI is InChI=1S/C14H30N2O/c1-12(17-4)14(2,11-15)16(3)13-9-7-5-6-8-10-13/h12-13H,5-11,15H2,1-4H3. The lowest BCUT2D eigenvalue weighted by Gasteiger charge is -2.46. The summed E-state index contributed by atoms with van der Waals surface area (Å²) in [5.41, 5.74) is 5.96. The number of hydrogen-bond donors (Lipinski definition) is 1. The topological polar surface area (TPSA) is 38.5 Å². The molecule has 3 heteroatoms. The normalized spacial score (nSPS) is 24.4. The molecule has 1 rings (SSSR count). The van der Waals surface area contributed by atoms with Gasteiger partial charge in [0.1, 0.15) is 0 Å². The summed E-state index contributed by atoms with van der Waals surface area (Å²) in [6.45, 7) is 5.00. The van der Waals surface area contributed by atoms with Crippen LogP contribution in [0.4, 0.5) is 0 Å². The van der Waals surface area contributed by atoms with Crippen molar-refractivity contribution in [2.45, 2.75) is 70.1 Å². The molecule has 0 bridgehead atoms. The van der Waals surface area contributed by atoms with Gasteiger partial charge in [0.25, 0.3) is 0 Å². The van der Waals surface area contributed by atoms with Crippen molar-refractivity contribution < 1.29 is 4.74 Å². The zero-order valence-corrected chi connectivity index (χ0v) is 12.0. The number of ether oxygens (including phenoxy) is 1. The molecule has 0 amide bonds. The Morgan fingerprint density at radius 1 is 1.29 bits per heavy atom. The predicted octanol–water partition coefficient (Wildman–Crippen LogP) is 2.39. The summed E-state index contributed by atoms with van der Waals surface area (Å²) in [4.78, 5) is 2.48. The minimum atomic E-state index is -0.0518. The van der Waals surface area contributed by atoms with Crippen LogP contribution in [0.3, 0.4) is 0 Å². The summed E-state index contributed by atoms with van der Waals surface area (Å²) in [6.07, 6.45) is 8.28. The van der Waals surface area contributed by atoms with Crippen molar-refractivity contribution in [3.63, 3.8) is 0 Å². The minimum absolute atomic E-state index is 0.0518. The Kier molecular flexibility index (Phi) is 5.90. The Bertz CT molecular complexity index is 214. The molecule has 0 saturated heterocycles. The van der Waals surface area contributed by atoms with Crippen molar-refractivity contribution >= 4 is 0 Å². The van der Waals surface area contributed by atoms with Crippen molar-refractivity contribution in [2.75, 3.05) is 20.7 Å². The van der Waals surface area contributed by atoms with E-state index in [4.69, 9.17) is 10.5 Å². The molecule has 1 aliphatic carbocycles. The van der Waals surface area contributed by atoms with Crippen LogP contribution in [-0.4, -0.2) is 43.3 Å². The van der Waals surface area contributed by atoms with E-state index in [1.54, 1.807) is 7.11 Å². The highest BCUT2D eigenvalue weighted by Gasteiger charge is 2.37. The van der Waals surface area contributed by atoms with Crippen molar-refractivity contribution in [3.05, 3.63) is 0 Å². The van der Waals surface area contributed by atoms with E-state index in [0.717, 1.165) is 0 Å². The third kappa shape index (κ3) is 3.43. The maximum absolute atomic E-state index is 6.01. The fraction of sp³-hybridized carbons (Fsp3) is 1.00. The van der Waals surface area contributed by atoms with Crippen LogP contribution in [0.15, 0.2) is 0 Å². The smallest absolute Gasteiger partial charge is 0.0736 e. The SMILES string of the molecule is COC(C)C(C)(CN)N(C)C1CCCCCC1. The van der Waals surface area contributed by atoms with E-state index in [9.17, 15) is 0 Å². The van der Waals surface area contributed by atoms with Gasteiger partial charge < -0.3 is 10.5 Å². The molecular weight excluding hydrogens is 212 g/mol. The van der Waals surface area contributed by atoms with Crippen molar-refractivity contribution in [3.8, 4) is 0 Å². The lowest BCUT2D eigenvalue weighted by molar-refractivity contribution is -0.0401. The molecule has 2 N–H and O–H groups in total. The van der Waals surface area contributed by atoms with Crippen molar-refractivity contribution in [1.82, 2.24) is 4.90 Å². The second kappa shape index (κ2) is 6.72. The molecule has 2 atom stereocenters. The van der Waals surface area contributed by atoms with E-state index in [2.05, 4.69) is 25.8 Å². The van der Waals surface area contributed by atoms with Gasteiger partial charge in [0.05, 0.1) is 11.6 Å². The quantitative estimate of drug-likeness (QED) is 0.752. The number of nitrogens with two attached hydrogens (primary N) is 1. The van der Waals surface area contributed by atoms with E-state index in [-0.39, 0.29) is 11.6 Å². The second-order valence-electron chi connectivity index (χ2n) is 5.70. The number of rotatable bonds is 5. The zero-order chi connectivity index (χ0) is 12.9. The largest absolute Gasteiger partial charge is 0.380 e. The highest BCUT2D eigenvalue weighted by Crippen LogP contribution is 2.28. The van der Waals surface area contributed by atoms with Gasteiger partial charge in [0, 0.05) is 19.7 Å². The van der Waals surface area contributed by atoms with Gasteiger partial charge in [-0.3, -0.25) is 4.90 Å². The Morgan fingerprint density at radius 3 is 2.24 bits per heavy atom. The molecule has 17 heavy (non-hydrogen) atoms. The highest BCUT2D eigenvalue weighted by molar-refractivity contribution is 4.94. The molecule has 0 spiro atoms. The molecule has 0 aliphatic heterocycles. The molecule has 1 aliphatic rings. The summed E-state index contributed by atoms with van der Waals surface area (Å²) in [6, 6.07) is 0.670. The molecular formula is C14H30N2O. The van der Waals surface area contributed by atoms with Crippen LogP contribution in [-0.2, 0) is 4.74 Å². The van der Waals surface area contributed by atoms with Crippen LogP contribution in [0.5, 0.6) is 0 Å². The first-order valence-corrected chi connectivity index (χ1v) is 7.02. The van der Waals surface area contributed by atoms with E-state index in [0.29, 0.717) is 12.6 Å². The molecule has 0 heterocycles.